The molecule has 21 heavy (non-hydrogen) atoms. The largest absolute Gasteiger partial charge is 0.492 e. The molecule has 2 N–H and O–H groups in total. The molecule has 0 aromatic heterocycles. The Balaban J connectivity index is 1.54. The summed E-state index contributed by atoms with van der Waals surface area (Å²) in [4.78, 5) is 2.35. The number of fused-ring (bicyclic) bond motifs is 1. The number of benzene rings is 2. The molecule has 4 nitrogen and oxygen atoms in total. The molecule has 3 rings (SSSR count). The Morgan fingerprint density at radius 2 is 2.05 bits per heavy atom. The third kappa shape index (κ3) is 3.67. The highest BCUT2D eigenvalue weighted by Crippen LogP contribution is 2.22. The van der Waals surface area contributed by atoms with Crippen LogP contribution in [-0.2, 0) is 6.54 Å². The van der Waals surface area contributed by atoms with Crippen LogP contribution in [0.4, 0.5) is 5.69 Å². The number of ether oxygens (including phenoxy) is 2. The summed E-state index contributed by atoms with van der Waals surface area (Å²) in [7, 11) is 0. The van der Waals surface area contributed by atoms with Gasteiger partial charge in [0, 0.05) is 37.0 Å². The molecule has 0 fully saturated rings. The first-order chi connectivity index (χ1) is 10.3. The number of nitrogens with zero attached hydrogens (tertiary/aromatic N) is 1. The van der Waals surface area contributed by atoms with Gasteiger partial charge >= 0.3 is 0 Å². The predicted octanol–water partition coefficient (Wildman–Crippen LogP) is 2.54. The number of hydrogen-bond acceptors (Lipinski definition) is 4. The van der Waals surface area contributed by atoms with Crippen LogP contribution in [0.15, 0.2) is 48.5 Å². The Labute approximate surface area is 125 Å². The summed E-state index contributed by atoms with van der Waals surface area (Å²) in [5.41, 5.74) is 7.70. The Kier molecular flexibility index (Phi) is 4.26. The van der Waals surface area contributed by atoms with Gasteiger partial charge in [0.15, 0.2) is 0 Å². The predicted molar refractivity (Wildman–Crippen MR) is 83.6 cm³/mol. The van der Waals surface area contributed by atoms with Crippen LogP contribution < -0.4 is 15.2 Å². The third-order valence-corrected chi connectivity index (χ3v) is 3.57. The van der Waals surface area contributed by atoms with Crippen molar-refractivity contribution in [3.05, 3.63) is 54.1 Å². The number of rotatable bonds is 4. The van der Waals surface area contributed by atoms with Gasteiger partial charge in [0.05, 0.1) is 0 Å². The van der Waals surface area contributed by atoms with Gasteiger partial charge < -0.3 is 15.2 Å². The van der Waals surface area contributed by atoms with Crippen molar-refractivity contribution >= 4 is 5.69 Å². The van der Waals surface area contributed by atoms with E-state index in [1.165, 1.54) is 5.56 Å². The fourth-order valence-corrected chi connectivity index (χ4v) is 2.47. The smallest absolute Gasteiger partial charge is 0.123 e. The molecule has 110 valence electrons. The van der Waals surface area contributed by atoms with Gasteiger partial charge in [-0.25, -0.2) is 0 Å². The van der Waals surface area contributed by atoms with Crippen molar-refractivity contribution in [3.63, 3.8) is 0 Å². The van der Waals surface area contributed by atoms with Crippen molar-refractivity contribution in [2.45, 2.75) is 6.54 Å². The quantitative estimate of drug-likeness (QED) is 0.877. The second-order valence-electron chi connectivity index (χ2n) is 5.15. The van der Waals surface area contributed by atoms with Crippen molar-refractivity contribution in [1.29, 1.82) is 0 Å². The molecule has 4 heteroatoms. The molecule has 1 heterocycles. The summed E-state index contributed by atoms with van der Waals surface area (Å²) in [5, 5.41) is 0. The van der Waals surface area contributed by atoms with E-state index >= 15 is 0 Å². The Morgan fingerprint density at radius 3 is 2.95 bits per heavy atom. The normalized spacial score (nSPS) is 14.9. The zero-order chi connectivity index (χ0) is 14.5. The molecule has 0 atom stereocenters. The molecule has 0 saturated heterocycles. The van der Waals surface area contributed by atoms with Crippen LogP contribution in [0.5, 0.6) is 11.5 Å². The fourth-order valence-electron chi connectivity index (χ4n) is 2.47. The van der Waals surface area contributed by atoms with Crippen LogP contribution >= 0.6 is 0 Å². The Bertz CT molecular complexity index is 601. The summed E-state index contributed by atoms with van der Waals surface area (Å²) in [5.74, 6) is 1.82. The van der Waals surface area contributed by atoms with Crippen molar-refractivity contribution in [3.8, 4) is 11.5 Å². The van der Waals surface area contributed by atoms with Crippen molar-refractivity contribution < 1.29 is 9.47 Å². The minimum absolute atomic E-state index is 0.644. The van der Waals surface area contributed by atoms with E-state index in [4.69, 9.17) is 15.2 Å². The maximum atomic E-state index is 5.76. The number of nitrogen functional groups attached to an aromatic ring is 1. The third-order valence-electron chi connectivity index (χ3n) is 3.57. The molecule has 0 saturated carbocycles. The molecular formula is C17H20N2O2. The summed E-state index contributed by atoms with van der Waals surface area (Å²) in [6.07, 6.45) is 0. The summed E-state index contributed by atoms with van der Waals surface area (Å²) >= 11 is 0. The zero-order valence-electron chi connectivity index (χ0n) is 12.0. The first kappa shape index (κ1) is 13.8. The lowest BCUT2D eigenvalue weighted by molar-refractivity contribution is 0.186. The van der Waals surface area contributed by atoms with E-state index in [9.17, 15) is 0 Å². The van der Waals surface area contributed by atoms with Crippen LogP contribution in [0.25, 0.3) is 0 Å². The Hall–Kier alpha value is -2.20. The van der Waals surface area contributed by atoms with E-state index in [1.54, 1.807) is 0 Å². The molecular weight excluding hydrogens is 264 g/mol. The average molecular weight is 284 g/mol. The molecule has 0 unspecified atom stereocenters. The second kappa shape index (κ2) is 6.50. The van der Waals surface area contributed by atoms with Gasteiger partial charge in [-0.1, -0.05) is 24.3 Å². The lowest BCUT2D eigenvalue weighted by Crippen LogP contribution is -2.30. The molecule has 0 aliphatic carbocycles. The maximum Gasteiger partial charge on any atom is 0.123 e. The minimum Gasteiger partial charge on any atom is -0.492 e. The van der Waals surface area contributed by atoms with Gasteiger partial charge in [0.2, 0.25) is 0 Å². The number of para-hydroxylation sites is 1. The van der Waals surface area contributed by atoms with E-state index in [1.807, 2.05) is 36.4 Å². The summed E-state index contributed by atoms with van der Waals surface area (Å²) in [6.45, 7) is 4.04. The van der Waals surface area contributed by atoms with Gasteiger partial charge in [-0.3, -0.25) is 4.90 Å². The Morgan fingerprint density at radius 1 is 1.14 bits per heavy atom. The lowest BCUT2D eigenvalue weighted by Gasteiger charge is -2.19. The monoisotopic (exact) mass is 284 g/mol. The molecule has 0 radical (unpaired) electrons. The molecule has 0 bridgehead atoms. The van der Waals surface area contributed by atoms with Crippen LogP contribution in [-0.4, -0.2) is 31.2 Å². The van der Waals surface area contributed by atoms with E-state index in [-0.39, 0.29) is 0 Å². The average Bonchev–Trinajstić information content (AvgIpc) is 2.69. The zero-order valence-corrected chi connectivity index (χ0v) is 12.0. The van der Waals surface area contributed by atoms with E-state index < -0.39 is 0 Å². The standard InChI is InChI=1S/C17H20N2O2/c18-15-5-3-6-16(12-15)20-10-8-19-9-11-21-17-7-2-1-4-14(17)13-19/h1-7,12H,8-11,13,18H2. The highest BCUT2D eigenvalue weighted by atomic mass is 16.5. The van der Waals surface area contributed by atoms with Crippen LogP contribution in [0.3, 0.4) is 0 Å². The molecule has 0 amide bonds. The fraction of sp³-hybridized carbons (Fsp3) is 0.294. The molecule has 2 aromatic rings. The van der Waals surface area contributed by atoms with Crippen LogP contribution in [0.2, 0.25) is 0 Å². The van der Waals surface area contributed by atoms with E-state index in [2.05, 4.69) is 17.0 Å². The summed E-state index contributed by atoms with van der Waals surface area (Å²) < 4.78 is 11.5. The highest BCUT2D eigenvalue weighted by Gasteiger charge is 2.14. The van der Waals surface area contributed by atoms with Crippen LogP contribution in [0, 0.1) is 0 Å². The molecule has 2 aromatic carbocycles. The first-order valence-corrected chi connectivity index (χ1v) is 7.23. The van der Waals surface area contributed by atoms with Gasteiger partial charge in [-0.2, -0.15) is 0 Å². The highest BCUT2D eigenvalue weighted by molar-refractivity contribution is 5.43. The minimum atomic E-state index is 0.644. The first-order valence-electron chi connectivity index (χ1n) is 7.23. The summed E-state index contributed by atoms with van der Waals surface area (Å²) in [6, 6.07) is 15.7. The van der Waals surface area contributed by atoms with Crippen molar-refractivity contribution in [1.82, 2.24) is 4.90 Å². The van der Waals surface area contributed by atoms with E-state index in [0.29, 0.717) is 6.61 Å². The number of anilines is 1. The topological polar surface area (TPSA) is 47.7 Å². The number of nitrogens with two attached hydrogens (primary N) is 1. The van der Waals surface area contributed by atoms with Gasteiger partial charge in [-0.15, -0.1) is 0 Å². The molecule has 1 aliphatic heterocycles. The van der Waals surface area contributed by atoms with Crippen molar-refractivity contribution in [2.75, 3.05) is 32.0 Å². The number of hydrogen-bond donors (Lipinski definition) is 1. The van der Waals surface area contributed by atoms with Gasteiger partial charge in [0.1, 0.15) is 24.7 Å². The van der Waals surface area contributed by atoms with E-state index in [0.717, 1.165) is 43.4 Å². The van der Waals surface area contributed by atoms with Gasteiger partial charge in [-0.05, 0) is 18.2 Å². The SMILES string of the molecule is Nc1cccc(OCCN2CCOc3ccccc3C2)c1. The second-order valence-corrected chi connectivity index (χ2v) is 5.15. The maximum absolute atomic E-state index is 5.76. The van der Waals surface area contributed by atoms with Crippen LogP contribution in [0.1, 0.15) is 5.56 Å². The lowest BCUT2D eigenvalue weighted by atomic mass is 10.2. The van der Waals surface area contributed by atoms with Crippen molar-refractivity contribution in [2.24, 2.45) is 0 Å². The molecule has 0 spiro atoms. The van der Waals surface area contributed by atoms with Gasteiger partial charge in [0.25, 0.3) is 0 Å². The molecule has 1 aliphatic rings.